The number of carbonyl (C=O) groups is 1. The van der Waals surface area contributed by atoms with Crippen LogP contribution in [0.1, 0.15) is 37.0 Å². The van der Waals surface area contributed by atoms with Gasteiger partial charge in [-0.1, -0.05) is 5.11 Å². The third-order valence-electron chi connectivity index (χ3n) is 3.44. The Hall–Kier alpha value is -2.20. The smallest absolute Gasteiger partial charge is 0.253 e. The zero-order chi connectivity index (χ0) is 15.2. The molecule has 1 aliphatic heterocycles. The topological polar surface area (TPSA) is 78.3 Å². The largest absolute Gasteiger partial charge is 0.491 e. The van der Waals surface area contributed by atoms with Crippen molar-refractivity contribution in [3.63, 3.8) is 0 Å². The molecule has 0 bridgehead atoms. The molecular weight excluding hydrogens is 268 g/mol. The van der Waals surface area contributed by atoms with Gasteiger partial charge in [0.1, 0.15) is 5.75 Å². The van der Waals surface area contributed by atoms with Crippen molar-refractivity contribution in [3.8, 4) is 5.75 Å². The summed E-state index contributed by atoms with van der Waals surface area (Å²) >= 11 is 0. The van der Waals surface area contributed by atoms with Crippen molar-refractivity contribution in [2.75, 3.05) is 13.1 Å². The van der Waals surface area contributed by atoms with Gasteiger partial charge in [-0.15, -0.1) is 0 Å². The minimum atomic E-state index is 0.0147. The van der Waals surface area contributed by atoms with Gasteiger partial charge in [-0.25, -0.2) is 0 Å². The summed E-state index contributed by atoms with van der Waals surface area (Å²) in [5.74, 6) is 0.786. The van der Waals surface area contributed by atoms with Gasteiger partial charge in [-0.3, -0.25) is 4.79 Å². The number of rotatable bonds is 4. The number of ether oxygens (including phenoxy) is 1. The SMILES string of the molecule is CC(C)Oc1ccc(C(=O)N2CCC(N=[N+]=[N-])CC2)cc1. The van der Waals surface area contributed by atoms with Gasteiger partial charge in [0.2, 0.25) is 0 Å². The predicted molar refractivity (Wildman–Crippen MR) is 80.3 cm³/mol. The number of likely N-dealkylation sites (tertiary alicyclic amines) is 1. The van der Waals surface area contributed by atoms with E-state index in [9.17, 15) is 4.79 Å². The Morgan fingerprint density at radius 2 is 1.95 bits per heavy atom. The summed E-state index contributed by atoms with van der Waals surface area (Å²) in [7, 11) is 0. The number of hydrogen-bond donors (Lipinski definition) is 0. The molecule has 1 heterocycles. The highest BCUT2D eigenvalue weighted by Gasteiger charge is 2.22. The Morgan fingerprint density at radius 3 is 2.48 bits per heavy atom. The molecule has 6 heteroatoms. The summed E-state index contributed by atoms with van der Waals surface area (Å²) in [6.45, 7) is 5.19. The van der Waals surface area contributed by atoms with Gasteiger partial charge >= 0.3 is 0 Å². The lowest BCUT2D eigenvalue weighted by atomic mass is 10.0. The molecule has 0 atom stereocenters. The Morgan fingerprint density at radius 1 is 1.33 bits per heavy atom. The number of piperidine rings is 1. The van der Waals surface area contributed by atoms with E-state index in [1.807, 2.05) is 30.9 Å². The lowest BCUT2D eigenvalue weighted by molar-refractivity contribution is 0.0714. The van der Waals surface area contributed by atoms with Crippen LogP contribution in [0.3, 0.4) is 0 Å². The van der Waals surface area contributed by atoms with Gasteiger partial charge < -0.3 is 9.64 Å². The fourth-order valence-electron chi connectivity index (χ4n) is 2.39. The van der Waals surface area contributed by atoms with Gasteiger partial charge in [-0.2, -0.15) is 0 Å². The summed E-state index contributed by atoms with van der Waals surface area (Å²) in [5, 5.41) is 3.72. The van der Waals surface area contributed by atoms with Crippen LogP contribution in [0.15, 0.2) is 29.4 Å². The Bertz CT molecular complexity index is 527. The monoisotopic (exact) mass is 288 g/mol. The number of nitrogens with zero attached hydrogens (tertiary/aromatic N) is 4. The first kappa shape index (κ1) is 15.2. The van der Waals surface area contributed by atoms with Crippen LogP contribution in [0.2, 0.25) is 0 Å². The first-order valence-electron chi connectivity index (χ1n) is 7.20. The summed E-state index contributed by atoms with van der Waals surface area (Å²) in [5.41, 5.74) is 9.09. The summed E-state index contributed by atoms with van der Waals surface area (Å²) in [6.07, 6.45) is 1.57. The molecule has 21 heavy (non-hydrogen) atoms. The highest BCUT2D eigenvalue weighted by Crippen LogP contribution is 2.19. The highest BCUT2D eigenvalue weighted by atomic mass is 16.5. The maximum Gasteiger partial charge on any atom is 0.253 e. The minimum absolute atomic E-state index is 0.0147. The molecule has 6 nitrogen and oxygen atoms in total. The summed E-state index contributed by atoms with van der Waals surface area (Å²) in [4.78, 5) is 17.0. The Labute approximate surface area is 124 Å². The molecule has 1 aliphatic rings. The minimum Gasteiger partial charge on any atom is -0.491 e. The van der Waals surface area contributed by atoms with Crippen molar-refractivity contribution >= 4 is 5.91 Å². The average Bonchev–Trinajstić information content (AvgIpc) is 2.48. The van der Waals surface area contributed by atoms with Crippen LogP contribution in [-0.4, -0.2) is 36.0 Å². The van der Waals surface area contributed by atoms with Crippen LogP contribution in [0.25, 0.3) is 10.4 Å². The maximum atomic E-state index is 12.4. The molecule has 0 radical (unpaired) electrons. The molecule has 0 unspecified atom stereocenters. The quantitative estimate of drug-likeness (QED) is 0.483. The molecular formula is C15H20N4O2. The Kier molecular flexibility index (Phi) is 5.06. The van der Waals surface area contributed by atoms with E-state index in [0.29, 0.717) is 18.7 Å². The number of carbonyl (C=O) groups excluding carboxylic acids is 1. The highest BCUT2D eigenvalue weighted by molar-refractivity contribution is 5.94. The van der Waals surface area contributed by atoms with Crippen LogP contribution in [-0.2, 0) is 0 Å². The van der Waals surface area contributed by atoms with Gasteiger partial charge in [-0.05, 0) is 56.5 Å². The van der Waals surface area contributed by atoms with E-state index in [4.69, 9.17) is 10.3 Å². The number of azide groups is 1. The molecule has 112 valence electrons. The summed E-state index contributed by atoms with van der Waals surface area (Å²) in [6, 6.07) is 7.24. The van der Waals surface area contributed by atoms with Crippen LogP contribution < -0.4 is 4.74 Å². The van der Waals surface area contributed by atoms with Gasteiger partial charge in [0.25, 0.3) is 5.91 Å². The molecule has 2 rings (SSSR count). The molecule has 1 amide bonds. The van der Waals surface area contributed by atoms with E-state index >= 15 is 0 Å². The number of hydrogen-bond acceptors (Lipinski definition) is 3. The normalized spacial score (nSPS) is 15.7. The van der Waals surface area contributed by atoms with E-state index in [1.165, 1.54) is 0 Å². The first-order valence-corrected chi connectivity index (χ1v) is 7.20. The molecule has 0 aliphatic carbocycles. The molecule has 0 N–H and O–H groups in total. The molecule has 0 spiro atoms. The fourth-order valence-corrected chi connectivity index (χ4v) is 2.39. The lowest BCUT2D eigenvalue weighted by Crippen LogP contribution is -2.39. The number of amides is 1. The van der Waals surface area contributed by atoms with E-state index in [1.54, 1.807) is 12.1 Å². The van der Waals surface area contributed by atoms with Crippen molar-refractivity contribution < 1.29 is 9.53 Å². The zero-order valence-corrected chi connectivity index (χ0v) is 12.4. The molecule has 0 aromatic heterocycles. The van der Waals surface area contributed by atoms with E-state index in [-0.39, 0.29) is 18.1 Å². The van der Waals surface area contributed by atoms with Gasteiger partial charge in [0.15, 0.2) is 0 Å². The van der Waals surface area contributed by atoms with Crippen molar-refractivity contribution in [2.45, 2.75) is 38.8 Å². The zero-order valence-electron chi connectivity index (χ0n) is 12.4. The van der Waals surface area contributed by atoms with Crippen molar-refractivity contribution in [1.82, 2.24) is 4.90 Å². The first-order chi connectivity index (χ1) is 10.1. The molecule has 1 fully saturated rings. The van der Waals surface area contributed by atoms with E-state index in [2.05, 4.69) is 10.0 Å². The second kappa shape index (κ2) is 6.99. The van der Waals surface area contributed by atoms with E-state index < -0.39 is 0 Å². The third-order valence-corrected chi connectivity index (χ3v) is 3.44. The molecule has 1 aromatic rings. The second-order valence-electron chi connectivity index (χ2n) is 5.42. The van der Waals surface area contributed by atoms with Gasteiger partial charge in [0.05, 0.1) is 6.10 Å². The van der Waals surface area contributed by atoms with Crippen molar-refractivity contribution in [3.05, 3.63) is 40.3 Å². The Balaban J connectivity index is 1.96. The standard InChI is InChI=1S/C15H20N4O2/c1-11(2)21-14-5-3-12(4-6-14)15(20)19-9-7-13(8-10-19)17-18-16/h3-6,11,13H,7-10H2,1-2H3. The summed E-state index contributed by atoms with van der Waals surface area (Å²) < 4.78 is 5.56. The molecule has 1 saturated heterocycles. The molecule has 0 saturated carbocycles. The average molecular weight is 288 g/mol. The second-order valence-corrected chi connectivity index (χ2v) is 5.42. The third kappa shape index (κ3) is 4.13. The lowest BCUT2D eigenvalue weighted by Gasteiger charge is -2.30. The van der Waals surface area contributed by atoms with Crippen molar-refractivity contribution in [1.29, 1.82) is 0 Å². The van der Waals surface area contributed by atoms with Crippen LogP contribution in [0.4, 0.5) is 0 Å². The maximum absolute atomic E-state index is 12.4. The van der Waals surface area contributed by atoms with Gasteiger partial charge in [0, 0.05) is 29.6 Å². The van der Waals surface area contributed by atoms with E-state index in [0.717, 1.165) is 18.6 Å². The van der Waals surface area contributed by atoms with Crippen LogP contribution in [0.5, 0.6) is 5.75 Å². The van der Waals surface area contributed by atoms with Crippen LogP contribution >= 0.6 is 0 Å². The predicted octanol–water partition coefficient (Wildman–Crippen LogP) is 3.39. The number of benzene rings is 1. The van der Waals surface area contributed by atoms with Crippen LogP contribution in [0, 0.1) is 0 Å². The van der Waals surface area contributed by atoms with Crippen molar-refractivity contribution in [2.24, 2.45) is 5.11 Å². The molecule has 1 aromatic carbocycles. The fraction of sp³-hybridized carbons (Fsp3) is 0.533.